The van der Waals surface area contributed by atoms with Crippen molar-refractivity contribution in [1.82, 2.24) is 5.32 Å². The molecular formula is C18H35N3. The van der Waals surface area contributed by atoms with Gasteiger partial charge in [-0.2, -0.15) is 0 Å². The van der Waals surface area contributed by atoms with Gasteiger partial charge in [-0.15, -0.1) is 11.8 Å². The average molecular weight is 293 g/mol. The number of aliphatic imine (C=N–C) groups is 1. The van der Waals surface area contributed by atoms with Crippen molar-refractivity contribution in [2.45, 2.75) is 54.9 Å². The molecule has 3 heteroatoms. The molecule has 0 fully saturated rings. The lowest BCUT2D eigenvalue weighted by Gasteiger charge is -2.02. The fourth-order valence-corrected chi connectivity index (χ4v) is 0.834. The van der Waals surface area contributed by atoms with Gasteiger partial charge in [0.1, 0.15) is 0 Å². The third-order valence-electron chi connectivity index (χ3n) is 2.29. The zero-order valence-corrected chi connectivity index (χ0v) is 15.3. The molecule has 0 spiro atoms. The lowest BCUT2D eigenvalue weighted by atomic mass is 10.1. The minimum Gasteiger partial charge on any atom is -0.388 e. The van der Waals surface area contributed by atoms with Crippen molar-refractivity contribution < 1.29 is 0 Å². The number of hydrogen-bond acceptors (Lipinski definition) is 3. The summed E-state index contributed by atoms with van der Waals surface area (Å²) in [5.74, 6) is 6.13. The Morgan fingerprint density at radius 2 is 1.71 bits per heavy atom. The Morgan fingerprint density at radius 3 is 1.90 bits per heavy atom. The summed E-state index contributed by atoms with van der Waals surface area (Å²) in [6.07, 6.45) is 2.97. The smallest absolute Gasteiger partial charge is 0.0316 e. The molecule has 0 aliphatic carbocycles. The minimum absolute atomic E-state index is 0.773. The van der Waals surface area contributed by atoms with Gasteiger partial charge in [-0.1, -0.05) is 20.4 Å². The Balaban J connectivity index is -0.000000272. The van der Waals surface area contributed by atoms with Crippen molar-refractivity contribution in [3.8, 4) is 11.8 Å². The Labute approximate surface area is 132 Å². The van der Waals surface area contributed by atoms with Gasteiger partial charge in [0, 0.05) is 24.7 Å². The maximum atomic E-state index is 5.23. The van der Waals surface area contributed by atoms with Crippen molar-refractivity contribution in [3.63, 3.8) is 0 Å². The molecule has 0 aromatic rings. The molecule has 0 saturated heterocycles. The largest absolute Gasteiger partial charge is 0.388 e. The standard InChI is InChI=1S/C9H16N2.C5H13N.C4H6/c1-7(2)11-6-8(3)9(4)10-5;1-5(2)3-4-6;1-3-4-2/h6,10H,4H2,1-3,5H3;5H,3-4,6H2,1-2H3;1-2H3/b8-6+;;. The molecule has 0 saturated carbocycles. The molecule has 3 N–H and O–H groups in total. The van der Waals surface area contributed by atoms with Crippen molar-refractivity contribution >= 4 is 5.71 Å². The second-order valence-corrected chi connectivity index (χ2v) is 5.09. The Bertz CT molecular complexity index is 356. The number of nitrogens with two attached hydrogens (primary N) is 1. The summed E-state index contributed by atoms with van der Waals surface area (Å²) in [5, 5.41) is 2.96. The molecule has 0 radical (unpaired) electrons. The predicted molar refractivity (Wildman–Crippen MR) is 98.4 cm³/mol. The summed E-state index contributed by atoms with van der Waals surface area (Å²) >= 11 is 0. The molecule has 0 rings (SSSR count). The van der Waals surface area contributed by atoms with Crippen LogP contribution in [0.15, 0.2) is 29.0 Å². The summed E-state index contributed by atoms with van der Waals surface area (Å²) in [5.41, 5.74) is 8.25. The highest BCUT2D eigenvalue weighted by atomic mass is 14.8. The Kier molecular flexibility index (Phi) is 21.5. The maximum Gasteiger partial charge on any atom is 0.0316 e. The van der Waals surface area contributed by atoms with Crippen LogP contribution in [0, 0.1) is 17.8 Å². The number of nitrogens with one attached hydrogen (secondary N) is 1. The molecule has 0 heterocycles. The van der Waals surface area contributed by atoms with Crippen molar-refractivity contribution in [1.29, 1.82) is 0 Å². The molecule has 0 atom stereocenters. The molecule has 0 aliphatic heterocycles. The van der Waals surface area contributed by atoms with Gasteiger partial charge in [0.15, 0.2) is 0 Å². The Hall–Kier alpha value is -1.53. The average Bonchev–Trinajstić information content (AvgIpc) is 2.44. The van der Waals surface area contributed by atoms with E-state index in [1.165, 1.54) is 0 Å². The summed E-state index contributed by atoms with van der Waals surface area (Å²) in [7, 11) is 1.85. The fraction of sp³-hybridized carbons (Fsp3) is 0.611. The summed E-state index contributed by atoms with van der Waals surface area (Å²) in [6.45, 7) is 18.5. The fourth-order valence-electron chi connectivity index (χ4n) is 0.834. The van der Waals surface area contributed by atoms with Gasteiger partial charge in [0.25, 0.3) is 0 Å². The number of likely N-dealkylation sites (N-methyl/N-ethyl adjacent to an activating group) is 1. The summed E-state index contributed by atoms with van der Waals surface area (Å²) < 4.78 is 0. The normalized spacial score (nSPS) is 9.14. The van der Waals surface area contributed by atoms with E-state index in [-0.39, 0.29) is 0 Å². The van der Waals surface area contributed by atoms with Crippen LogP contribution in [0.5, 0.6) is 0 Å². The van der Waals surface area contributed by atoms with E-state index in [2.05, 4.69) is 42.6 Å². The van der Waals surface area contributed by atoms with E-state index >= 15 is 0 Å². The third kappa shape index (κ3) is 27.6. The molecule has 0 aliphatic rings. The number of hydrogen-bond donors (Lipinski definition) is 2. The molecule has 122 valence electrons. The van der Waals surface area contributed by atoms with Gasteiger partial charge >= 0.3 is 0 Å². The van der Waals surface area contributed by atoms with E-state index in [0.29, 0.717) is 0 Å². The van der Waals surface area contributed by atoms with Crippen LogP contribution in [0.3, 0.4) is 0 Å². The van der Waals surface area contributed by atoms with E-state index in [0.717, 1.165) is 35.9 Å². The van der Waals surface area contributed by atoms with E-state index < -0.39 is 0 Å². The van der Waals surface area contributed by atoms with E-state index in [9.17, 15) is 0 Å². The minimum atomic E-state index is 0.773. The molecule has 3 nitrogen and oxygen atoms in total. The van der Waals surface area contributed by atoms with Crippen LogP contribution in [0.1, 0.15) is 54.9 Å². The first-order chi connectivity index (χ1) is 9.76. The van der Waals surface area contributed by atoms with Gasteiger partial charge in [0.05, 0.1) is 0 Å². The van der Waals surface area contributed by atoms with Crippen LogP contribution in [0.4, 0.5) is 0 Å². The van der Waals surface area contributed by atoms with Gasteiger partial charge < -0.3 is 11.1 Å². The summed E-state index contributed by atoms with van der Waals surface area (Å²) in [6, 6.07) is 0. The van der Waals surface area contributed by atoms with Gasteiger partial charge in [0.2, 0.25) is 0 Å². The van der Waals surface area contributed by atoms with Crippen molar-refractivity contribution in [2.24, 2.45) is 16.6 Å². The first-order valence-electron chi connectivity index (χ1n) is 7.35. The molecule has 0 bridgehead atoms. The first-order valence-corrected chi connectivity index (χ1v) is 7.35. The van der Waals surface area contributed by atoms with E-state index in [1.54, 1.807) is 0 Å². The molecule has 0 aromatic heterocycles. The lowest BCUT2D eigenvalue weighted by Crippen LogP contribution is -2.04. The van der Waals surface area contributed by atoms with Crippen LogP contribution in [0.2, 0.25) is 0 Å². The van der Waals surface area contributed by atoms with Crippen LogP contribution in [-0.4, -0.2) is 19.3 Å². The quantitative estimate of drug-likeness (QED) is 0.455. The second kappa shape index (κ2) is 18.5. The highest BCUT2D eigenvalue weighted by molar-refractivity contribution is 5.79. The van der Waals surface area contributed by atoms with Crippen LogP contribution < -0.4 is 11.1 Å². The molecule has 0 amide bonds. The maximum absolute atomic E-state index is 5.23. The molecule has 0 aromatic carbocycles. The Morgan fingerprint density at radius 1 is 1.24 bits per heavy atom. The van der Waals surface area contributed by atoms with Crippen molar-refractivity contribution in [3.05, 3.63) is 24.0 Å². The van der Waals surface area contributed by atoms with E-state index in [4.69, 9.17) is 5.73 Å². The summed E-state index contributed by atoms with van der Waals surface area (Å²) in [4.78, 5) is 4.15. The molecule has 21 heavy (non-hydrogen) atoms. The van der Waals surface area contributed by atoms with Crippen molar-refractivity contribution in [2.75, 3.05) is 13.6 Å². The topological polar surface area (TPSA) is 50.4 Å². The predicted octanol–water partition coefficient (Wildman–Crippen LogP) is 4.12. The van der Waals surface area contributed by atoms with Crippen LogP contribution in [-0.2, 0) is 0 Å². The number of allylic oxidation sites excluding steroid dienone is 1. The number of nitrogens with zero attached hydrogens (tertiary/aromatic N) is 1. The third-order valence-corrected chi connectivity index (χ3v) is 2.29. The molecule has 0 unspecified atom stereocenters. The zero-order chi connectivity index (χ0) is 17.3. The highest BCUT2D eigenvalue weighted by Crippen LogP contribution is 2.01. The number of rotatable bonds is 5. The van der Waals surface area contributed by atoms with Gasteiger partial charge in [-0.05, 0) is 59.1 Å². The monoisotopic (exact) mass is 293 g/mol. The van der Waals surface area contributed by atoms with Crippen LogP contribution >= 0.6 is 0 Å². The highest BCUT2D eigenvalue weighted by Gasteiger charge is 1.90. The van der Waals surface area contributed by atoms with Gasteiger partial charge in [-0.25, -0.2) is 0 Å². The first kappa shape index (κ1) is 24.5. The zero-order valence-electron chi connectivity index (χ0n) is 15.3. The SMILES string of the molecule is C=C(NC)/C(C)=C/N=C(C)C.CC#CC.CC(C)CCN. The van der Waals surface area contributed by atoms with E-state index in [1.807, 2.05) is 47.9 Å². The van der Waals surface area contributed by atoms with Gasteiger partial charge in [-0.3, -0.25) is 4.99 Å². The lowest BCUT2D eigenvalue weighted by molar-refractivity contribution is 0.596. The van der Waals surface area contributed by atoms with Crippen LogP contribution in [0.25, 0.3) is 0 Å². The second-order valence-electron chi connectivity index (χ2n) is 5.09. The molecular weight excluding hydrogens is 258 g/mol.